The number of nitrogens with zero attached hydrogens (tertiary/aromatic N) is 14. The van der Waals surface area contributed by atoms with Crippen molar-refractivity contribution in [2.75, 3.05) is 48.7 Å². The first kappa shape index (κ1) is 56.1. The molecule has 0 radical (unpaired) electrons. The van der Waals surface area contributed by atoms with Crippen LogP contribution in [0.15, 0.2) is 98.8 Å². The van der Waals surface area contributed by atoms with Gasteiger partial charge in [0.1, 0.15) is 61.9 Å². The Morgan fingerprint density at radius 1 is 0.584 bits per heavy atom. The molecule has 0 aromatic carbocycles. The van der Waals surface area contributed by atoms with Crippen LogP contribution in [-0.2, 0) is 0 Å². The number of nitriles is 2. The van der Waals surface area contributed by atoms with E-state index < -0.39 is 0 Å². The maximum Gasteiger partial charge on any atom is 0.204 e. The van der Waals surface area contributed by atoms with Gasteiger partial charge < -0.3 is 50.3 Å². The van der Waals surface area contributed by atoms with Crippen LogP contribution in [0.4, 0.5) is 32.5 Å². The molecule has 0 aliphatic carbocycles. The maximum absolute atomic E-state index is 10.4. The summed E-state index contributed by atoms with van der Waals surface area (Å²) < 4.78 is 37.7. The normalized spacial score (nSPS) is 19.0. The van der Waals surface area contributed by atoms with Crippen LogP contribution in [0, 0.1) is 43.4 Å². The second kappa shape index (κ2) is 23.6. The molecule has 15 rings (SSSR count). The smallest absolute Gasteiger partial charge is 0.204 e. The highest BCUT2D eigenvalue weighted by Crippen LogP contribution is 2.44. The Labute approximate surface area is 520 Å². The van der Waals surface area contributed by atoms with Crippen LogP contribution in [0.3, 0.4) is 0 Å². The standard InChI is InChI=1S/C62H58N20O4S3/c1-32-14-55(87-77-32)74-52-21-50(71-60-44(28-68-80(52)60)38-17-39(84-31-38)7-5-13-83)36-8-10-47(66-26-36)59-43(19-41(24-64)86-59)46-30-70-82-54(76-57-16-34(3)79-89-57)22-51(73-62(46)82)37-9-11-48(67-27-37)58-42(18-40(23-63)85-58)45-29-69-81-53(75-56-15-33(2)78-88-56)20-49(72-61(45)81)35-6-4-12-65-25-35/h5,7,14-22,28-31,35-37,47-48,65-67,74-76,83H,4,6,8-13,25-27H2,1-3H3/b7-5-. The number of hydrogen-bond donors (Lipinski definition) is 7. The fourth-order valence-corrected chi connectivity index (χ4v) is 14.5. The molecule has 5 unspecified atom stereocenters. The number of nitrogens with one attached hydrogen (secondary N) is 6. The minimum atomic E-state index is -0.255. The van der Waals surface area contributed by atoms with E-state index in [4.69, 9.17) is 43.5 Å². The molecule has 27 heteroatoms. The molecule has 12 aromatic rings. The molecule has 448 valence electrons. The Morgan fingerprint density at radius 2 is 1.04 bits per heavy atom. The summed E-state index contributed by atoms with van der Waals surface area (Å²) in [6.07, 6.45) is 15.3. The average molecular weight is 1240 g/mol. The number of aromatic nitrogens is 12. The number of furan rings is 3. The van der Waals surface area contributed by atoms with E-state index in [0.717, 1.165) is 133 Å². The Morgan fingerprint density at radius 3 is 1.45 bits per heavy atom. The van der Waals surface area contributed by atoms with Crippen LogP contribution in [-0.4, -0.2) is 94.8 Å². The van der Waals surface area contributed by atoms with E-state index in [1.54, 1.807) is 45.9 Å². The predicted octanol–water partition coefficient (Wildman–Crippen LogP) is 11.8. The maximum atomic E-state index is 10.4. The van der Waals surface area contributed by atoms with Crippen molar-refractivity contribution in [1.29, 1.82) is 10.5 Å². The van der Waals surface area contributed by atoms with E-state index in [0.29, 0.717) is 66.0 Å². The third-order valence-electron chi connectivity index (χ3n) is 16.8. The van der Waals surface area contributed by atoms with E-state index in [1.165, 1.54) is 34.6 Å². The zero-order chi connectivity index (χ0) is 60.3. The van der Waals surface area contributed by atoms with Gasteiger partial charge in [-0.1, -0.05) is 6.08 Å². The van der Waals surface area contributed by atoms with Gasteiger partial charge in [0.15, 0.2) is 16.9 Å². The Balaban J connectivity index is 0.722. The third kappa shape index (κ3) is 10.9. The van der Waals surface area contributed by atoms with E-state index in [2.05, 4.69) is 75.4 Å². The predicted molar refractivity (Wildman–Crippen MR) is 338 cm³/mol. The number of aliphatic hydroxyl groups is 1. The lowest BCUT2D eigenvalue weighted by atomic mass is 9.89. The first-order valence-corrected chi connectivity index (χ1v) is 31.8. The van der Waals surface area contributed by atoms with Crippen molar-refractivity contribution in [2.24, 2.45) is 0 Å². The Hall–Kier alpha value is -9.45. The van der Waals surface area contributed by atoms with Crippen molar-refractivity contribution in [1.82, 2.24) is 72.9 Å². The van der Waals surface area contributed by atoms with Crippen molar-refractivity contribution in [3.8, 4) is 45.5 Å². The minimum Gasteiger partial charge on any atom is -0.464 e. The molecular weight excluding hydrogens is 1190 g/mol. The lowest BCUT2D eigenvalue weighted by Gasteiger charge is -2.29. The van der Waals surface area contributed by atoms with Gasteiger partial charge in [-0.25, -0.2) is 15.0 Å². The third-order valence-corrected chi connectivity index (χ3v) is 19.2. The van der Waals surface area contributed by atoms with Crippen LogP contribution < -0.4 is 31.9 Å². The molecule has 0 amide bonds. The Bertz CT molecular complexity index is 4730. The monoisotopic (exact) mass is 1240 g/mol. The summed E-state index contributed by atoms with van der Waals surface area (Å²) >= 11 is 4.14. The van der Waals surface area contributed by atoms with Gasteiger partial charge in [-0.3, -0.25) is 0 Å². The zero-order valence-electron chi connectivity index (χ0n) is 48.5. The van der Waals surface area contributed by atoms with Crippen molar-refractivity contribution >= 4 is 90.1 Å². The van der Waals surface area contributed by atoms with Gasteiger partial charge in [0, 0.05) is 90.0 Å². The number of anilines is 6. The summed E-state index contributed by atoms with van der Waals surface area (Å²) in [7, 11) is 0. The number of fused-ring (bicyclic) bond motifs is 3. The fourth-order valence-electron chi connectivity index (χ4n) is 12.4. The molecule has 24 nitrogen and oxygen atoms in total. The number of aliphatic hydroxyl groups excluding tert-OH is 1. The summed E-state index contributed by atoms with van der Waals surface area (Å²) in [6, 6.07) is 21.8. The molecule has 0 saturated carbocycles. The molecule has 3 fully saturated rings. The molecule has 0 bridgehead atoms. The van der Waals surface area contributed by atoms with Crippen molar-refractivity contribution in [2.45, 2.75) is 89.1 Å². The lowest BCUT2D eigenvalue weighted by Crippen LogP contribution is -2.32. The fraction of sp³-hybridized carbons (Fsp3) is 0.306. The number of hydrogen-bond acceptors (Lipinski definition) is 24. The number of piperidine rings is 3. The molecule has 3 aliphatic heterocycles. The summed E-state index contributed by atoms with van der Waals surface area (Å²) in [5.74, 6) is 4.69. The van der Waals surface area contributed by atoms with E-state index in [-0.39, 0.29) is 48.0 Å². The summed E-state index contributed by atoms with van der Waals surface area (Å²) in [5.41, 5.74) is 12.0. The average Bonchev–Trinajstić information content (AvgIpc) is 1.80. The SMILES string of the molecule is Cc1cc(Nc2cc(C3CCC(c4oc(C#N)cc4-c4cnn5c(Nc6cc(C)ns6)cc(C6CCC(c7oc(C#N)cc7-c7cnn8c(Nc9cc(C)ns9)cc(C9CCCNC9)nc78)NC6)nc45)NC3)nc3c(-c4coc(/C=C\CO)c4)cnn23)sn1. The molecule has 7 N–H and O–H groups in total. The first-order chi connectivity index (χ1) is 43.6. The highest BCUT2D eigenvalue weighted by Gasteiger charge is 2.34. The molecule has 0 spiro atoms. The van der Waals surface area contributed by atoms with Crippen molar-refractivity contribution in [3.05, 3.63) is 148 Å². The van der Waals surface area contributed by atoms with Crippen LogP contribution in [0.5, 0.6) is 0 Å². The van der Waals surface area contributed by atoms with Crippen LogP contribution in [0.25, 0.3) is 56.4 Å². The highest BCUT2D eigenvalue weighted by atomic mass is 32.1. The van der Waals surface area contributed by atoms with Crippen LogP contribution >= 0.6 is 34.6 Å². The van der Waals surface area contributed by atoms with E-state index >= 15 is 0 Å². The van der Waals surface area contributed by atoms with Crippen molar-refractivity contribution < 1.29 is 18.4 Å². The van der Waals surface area contributed by atoms with Crippen molar-refractivity contribution in [3.63, 3.8) is 0 Å². The first-order valence-electron chi connectivity index (χ1n) is 29.5. The van der Waals surface area contributed by atoms with Gasteiger partial charge in [-0.05, 0) is 131 Å². The lowest BCUT2D eigenvalue weighted by molar-refractivity contribution is 0.322. The number of rotatable bonds is 16. The quantitative estimate of drug-likeness (QED) is 0.0473. The van der Waals surface area contributed by atoms with Gasteiger partial charge in [0.05, 0.1) is 88.8 Å². The zero-order valence-corrected chi connectivity index (χ0v) is 50.9. The van der Waals surface area contributed by atoms with Gasteiger partial charge in [-0.2, -0.15) is 52.5 Å². The summed E-state index contributed by atoms with van der Waals surface area (Å²) in [6.45, 7) is 8.73. The molecule has 12 aromatic heterocycles. The Kier molecular flexibility index (Phi) is 14.9. The van der Waals surface area contributed by atoms with E-state index in [1.807, 2.05) is 61.8 Å². The van der Waals surface area contributed by atoms with Gasteiger partial charge in [0.2, 0.25) is 11.5 Å². The minimum absolute atomic E-state index is 0.000790. The topological polar surface area (TPSA) is 309 Å². The summed E-state index contributed by atoms with van der Waals surface area (Å²) in [4.78, 5) is 16.0. The van der Waals surface area contributed by atoms with Crippen LogP contribution in [0.1, 0.15) is 131 Å². The van der Waals surface area contributed by atoms with Gasteiger partial charge in [-0.15, -0.1) is 0 Å². The summed E-state index contributed by atoms with van der Waals surface area (Å²) in [5, 5.41) is 69.2. The van der Waals surface area contributed by atoms with Gasteiger partial charge >= 0.3 is 0 Å². The second-order valence-electron chi connectivity index (χ2n) is 22.8. The van der Waals surface area contributed by atoms with E-state index in [9.17, 15) is 15.6 Å². The van der Waals surface area contributed by atoms with Gasteiger partial charge in [0.25, 0.3) is 0 Å². The second-order valence-corrected chi connectivity index (χ2v) is 25.2. The molecule has 15 heterocycles. The molecule has 89 heavy (non-hydrogen) atoms. The van der Waals surface area contributed by atoms with Crippen LogP contribution in [0.2, 0.25) is 0 Å². The molecule has 3 aliphatic rings. The highest BCUT2D eigenvalue weighted by molar-refractivity contribution is 7.10. The largest absolute Gasteiger partial charge is 0.464 e. The molecule has 5 atom stereocenters. The molecule has 3 saturated heterocycles. The molecular formula is C62H58N20O4S3. The number of aryl methyl sites for hydroxylation is 3.